The lowest BCUT2D eigenvalue weighted by Gasteiger charge is -2.05. The fourth-order valence-electron chi connectivity index (χ4n) is 1.40. The van der Waals surface area contributed by atoms with Gasteiger partial charge in [0.1, 0.15) is 11.0 Å². The van der Waals surface area contributed by atoms with Crippen molar-refractivity contribution in [3.8, 4) is 0 Å². The van der Waals surface area contributed by atoms with Crippen molar-refractivity contribution in [2.75, 3.05) is 6.61 Å². The third-order valence-corrected chi connectivity index (χ3v) is 2.71. The Labute approximate surface area is 101 Å². The molecule has 0 unspecified atom stereocenters. The van der Waals surface area contributed by atoms with Crippen molar-refractivity contribution in [1.29, 1.82) is 0 Å². The summed E-state index contributed by atoms with van der Waals surface area (Å²) in [4.78, 5) is 20.0. The number of benzene rings is 1. The van der Waals surface area contributed by atoms with Gasteiger partial charge < -0.3 is 4.74 Å². The van der Waals surface area contributed by atoms with Crippen LogP contribution in [0.1, 0.15) is 17.3 Å². The molecular formula is C11H9BrN2O2. The maximum Gasteiger partial charge on any atom is 0.340 e. The Bertz CT molecular complexity index is 542. The van der Waals surface area contributed by atoms with E-state index in [0.29, 0.717) is 23.2 Å². The van der Waals surface area contributed by atoms with E-state index < -0.39 is 0 Å². The molecule has 0 bridgehead atoms. The monoisotopic (exact) mass is 280 g/mol. The van der Waals surface area contributed by atoms with Gasteiger partial charge in [0.25, 0.3) is 0 Å². The minimum atomic E-state index is -0.375. The van der Waals surface area contributed by atoms with Gasteiger partial charge in [-0.1, -0.05) is 0 Å². The normalized spacial score (nSPS) is 10.4. The van der Waals surface area contributed by atoms with Crippen molar-refractivity contribution in [2.24, 2.45) is 0 Å². The highest BCUT2D eigenvalue weighted by molar-refractivity contribution is 9.10. The summed E-state index contributed by atoms with van der Waals surface area (Å²) >= 11 is 3.36. The molecule has 5 heteroatoms. The fraction of sp³-hybridized carbons (Fsp3) is 0.182. The molecule has 0 atom stereocenters. The molecule has 0 aliphatic heterocycles. The zero-order chi connectivity index (χ0) is 11.5. The number of carbonyl (C=O) groups excluding carboxylic acids is 1. The van der Waals surface area contributed by atoms with E-state index in [0.717, 1.165) is 4.47 Å². The van der Waals surface area contributed by atoms with E-state index in [9.17, 15) is 4.79 Å². The van der Waals surface area contributed by atoms with Gasteiger partial charge in [0, 0.05) is 16.9 Å². The summed E-state index contributed by atoms with van der Waals surface area (Å²) in [5.74, 6) is -0.375. The summed E-state index contributed by atoms with van der Waals surface area (Å²) in [6, 6.07) is 3.45. The molecule has 0 N–H and O–H groups in total. The molecule has 0 aliphatic rings. The first kappa shape index (κ1) is 11.0. The first-order chi connectivity index (χ1) is 7.74. The first-order valence-corrected chi connectivity index (χ1v) is 5.59. The minimum absolute atomic E-state index is 0.344. The Morgan fingerprint density at radius 1 is 1.31 bits per heavy atom. The summed E-state index contributed by atoms with van der Waals surface area (Å²) in [6.45, 7) is 2.11. The van der Waals surface area contributed by atoms with E-state index in [-0.39, 0.29) is 5.97 Å². The molecule has 0 spiro atoms. The average Bonchev–Trinajstić information content (AvgIpc) is 2.30. The van der Waals surface area contributed by atoms with Crippen molar-refractivity contribution in [3.05, 3.63) is 34.6 Å². The summed E-state index contributed by atoms with van der Waals surface area (Å²) in [5.41, 5.74) is 1.65. The van der Waals surface area contributed by atoms with Crippen LogP contribution in [0, 0.1) is 0 Å². The Balaban J connectivity index is 2.63. The van der Waals surface area contributed by atoms with Gasteiger partial charge in [-0.25, -0.2) is 4.79 Å². The Morgan fingerprint density at radius 3 is 2.69 bits per heavy atom. The predicted molar refractivity (Wildman–Crippen MR) is 63.2 cm³/mol. The molecule has 0 radical (unpaired) electrons. The van der Waals surface area contributed by atoms with Crippen molar-refractivity contribution < 1.29 is 9.53 Å². The van der Waals surface area contributed by atoms with E-state index in [2.05, 4.69) is 25.9 Å². The standard InChI is InChI=1S/C11H9BrN2O2/c1-2-16-11(15)7-3-4-8(12)10-9(7)13-5-6-14-10/h3-6H,2H2,1H3. The van der Waals surface area contributed by atoms with Gasteiger partial charge in [-0.3, -0.25) is 9.97 Å². The molecule has 0 amide bonds. The summed E-state index contributed by atoms with van der Waals surface area (Å²) in [5, 5.41) is 0. The maximum atomic E-state index is 11.7. The highest BCUT2D eigenvalue weighted by atomic mass is 79.9. The predicted octanol–water partition coefficient (Wildman–Crippen LogP) is 2.57. The summed E-state index contributed by atoms with van der Waals surface area (Å²) < 4.78 is 5.76. The largest absolute Gasteiger partial charge is 0.462 e. The molecular weight excluding hydrogens is 272 g/mol. The van der Waals surface area contributed by atoms with Crippen LogP contribution in [0.5, 0.6) is 0 Å². The van der Waals surface area contributed by atoms with Crippen molar-refractivity contribution in [2.45, 2.75) is 6.92 Å². The van der Waals surface area contributed by atoms with Gasteiger partial charge in [0.05, 0.1) is 12.2 Å². The quantitative estimate of drug-likeness (QED) is 0.794. The lowest BCUT2D eigenvalue weighted by atomic mass is 10.2. The zero-order valence-corrected chi connectivity index (χ0v) is 10.2. The molecule has 1 heterocycles. The van der Waals surface area contributed by atoms with E-state index in [1.807, 2.05) is 0 Å². The number of ether oxygens (including phenoxy) is 1. The van der Waals surface area contributed by atoms with Crippen LogP contribution in [0.25, 0.3) is 11.0 Å². The number of hydrogen-bond donors (Lipinski definition) is 0. The molecule has 0 fully saturated rings. The maximum absolute atomic E-state index is 11.7. The average molecular weight is 281 g/mol. The molecule has 82 valence electrons. The van der Waals surface area contributed by atoms with Crippen molar-refractivity contribution in [3.63, 3.8) is 0 Å². The van der Waals surface area contributed by atoms with Gasteiger partial charge in [-0.15, -0.1) is 0 Å². The number of rotatable bonds is 2. The van der Waals surface area contributed by atoms with Gasteiger partial charge >= 0.3 is 5.97 Å². The van der Waals surface area contributed by atoms with Crippen molar-refractivity contribution >= 4 is 32.9 Å². The van der Waals surface area contributed by atoms with Crippen LogP contribution in [0.4, 0.5) is 0 Å². The lowest BCUT2D eigenvalue weighted by molar-refractivity contribution is 0.0528. The van der Waals surface area contributed by atoms with E-state index >= 15 is 0 Å². The fourth-order valence-corrected chi connectivity index (χ4v) is 1.82. The molecule has 0 aliphatic carbocycles. The van der Waals surface area contributed by atoms with Crippen LogP contribution in [-0.4, -0.2) is 22.5 Å². The van der Waals surface area contributed by atoms with Crippen LogP contribution in [0.3, 0.4) is 0 Å². The molecule has 1 aromatic carbocycles. The second-order valence-corrected chi connectivity index (χ2v) is 3.92. The molecule has 0 saturated heterocycles. The number of hydrogen-bond acceptors (Lipinski definition) is 4. The van der Waals surface area contributed by atoms with Crippen LogP contribution < -0.4 is 0 Å². The Morgan fingerprint density at radius 2 is 2.00 bits per heavy atom. The first-order valence-electron chi connectivity index (χ1n) is 4.80. The number of aromatic nitrogens is 2. The Kier molecular flexibility index (Phi) is 3.14. The van der Waals surface area contributed by atoms with Crippen LogP contribution in [0.15, 0.2) is 29.0 Å². The third kappa shape index (κ3) is 1.90. The molecule has 16 heavy (non-hydrogen) atoms. The SMILES string of the molecule is CCOC(=O)c1ccc(Br)c2nccnc12. The number of fused-ring (bicyclic) bond motifs is 1. The summed E-state index contributed by atoms with van der Waals surface area (Å²) in [6.07, 6.45) is 3.14. The highest BCUT2D eigenvalue weighted by Gasteiger charge is 2.13. The summed E-state index contributed by atoms with van der Waals surface area (Å²) in [7, 11) is 0. The van der Waals surface area contributed by atoms with Gasteiger partial charge in [0.15, 0.2) is 0 Å². The second-order valence-electron chi connectivity index (χ2n) is 3.07. The van der Waals surface area contributed by atoms with E-state index in [1.54, 1.807) is 31.5 Å². The Hall–Kier alpha value is -1.49. The number of esters is 1. The molecule has 0 saturated carbocycles. The zero-order valence-electron chi connectivity index (χ0n) is 8.61. The van der Waals surface area contributed by atoms with Gasteiger partial charge in [-0.2, -0.15) is 0 Å². The van der Waals surface area contributed by atoms with Crippen LogP contribution in [-0.2, 0) is 4.74 Å². The molecule has 2 rings (SSSR count). The van der Waals surface area contributed by atoms with Crippen LogP contribution in [0.2, 0.25) is 0 Å². The van der Waals surface area contributed by atoms with Crippen LogP contribution >= 0.6 is 15.9 Å². The van der Waals surface area contributed by atoms with E-state index in [4.69, 9.17) is 4.74 Å². The molecule has 2 aromatic rings. The number of nitrogens with zero attached hydrogens (tertiary/aromatic N) is 2. The highest BCUT2D eigenvalue weighted by Crippen LogP contribution is 2.23. The smallest absolute Gasteiger partial charge is 0.340 e. The number of carbonyl (C=O) groups is 1. The van der Waals surface area contributed by atoms with Gasteiger partial charge in [0.2, 0.25) is 0 Å². The molecule has 1 aromatic heterocycles. The molecule has 4 nitrogen and oxygen atoms in total. The topological polar surface area (TPSA) is 52.1 Å². The lowest BCUT2D eigenvalue weighted by Crippen LogP contribution is -2.06. The van der Waals surface area contributed by atoms with Crippen molar-refractivity contribution in [1.82, 2.24) is 9.97 Å². The van der Waals surface area contributed by atoms with Gasteiger partial charge in [-0.05, 0) is 35.0 Å². The van der Waals surface area contributed by atoms with E-state index in [1.165, 1.54) is 0 Å². The number of halogens is 1. The minimum Gasteiger partial charge on any atom is -0.462 e. The second kappa shape index (κ2) is 4.57. The third-order valence-electron chi connectivity index (χ3n) is 2.07.